The molecule has 0 saturated heterocycles. The Balaban J connectivity index is 1.70. The predicted molar refractivity (Wildman–Crippen MR) is 77.0 cm³/mol. The first-order valence-electron chi connectivity index (χ1n) is 7.00. The van der Waals surface area contributed by atoms with Gasteiger partial charge in [-0.15, -0.1) is 0 Å². The number of rotatable bonds is 6. The molecular weight excluding hydrogens is 238 g/mol. The summed E-state index contributed by atoms with van der Waals surface area (Å²) in [5, 5.41) is 5.95. The van der Waals surface area contributed by atoms with Gasteiger partial charge in [0.05, 0.1) is 0 Å². The number of nitrogens with zero attached hydrogens (tertiary/aromatic N) is 1. The summed E-state index contributed by atoms with van der Waals surface area (Å²) in [4.78, 5) is 13.9. The van der Waals surface area contributed by atoms with Crippen molar-refractivity contribution in [1.29, 1.82) is 0 Å². The quantitative estimate of drug-likeness (QED) is 0.795. The Morgan fingerprint density at radius 2 is 2.05 bits per heavy atom. The molecule has 0 aliphatic carbocycles. The van der Waals surface area contributed by atoms with Crippen LogP contribution in [0.1, 0.15) is 17.5 Å². The highest BCUT2D eigenvalue weighted by atomic mass is 16.1. The molecule has 2 rings (SSSR count). The Labute approximate surface area is 115 Å². The van der Waals surface area contributed by atoms with Crippen molar-refractivity contribution in [2.45, 2.75) is 19.4 Å². The minimum absolute atomic E-state index is 0.131. The van der Waals surface area contributed by atoms with Crippen LogP contribution in [-0.4, -0.2) is 44.0 Å². The molecule has 0 fully saturated rings. The molecule has 1 aromatic rings. The van der Waals surface area contributed by atoms with Gasteiger partial charge in [0, 0.05) is 39.1 Å². The minimum atomic E-state index is 0.131. The lowest BCUT2D eigenvalue weighted by Crippen LogP contribution is -2.38. The average Bonchev–Trinajstić information content (AvgIpc) is 2.45. The van der Waals surface area contributed by atoms with Crippen molar-refractivity contribution in [2.24, 2.45) is 0 Å². The van der Waals surface area contributed by atoms with Crippen LogP contribution >= 0.6 is 0 Å². The SMILES string of the molecule is CNCCC(=O)NCCN1CCc2ccccc2C1. The Bertz CT molecular complexity index is 420. The number of hydrogen-bond acceptors (Lipinski definition) is 3. The summed E-state index contributed by atoms with van der Waals surface area (Å²) in [5.74, 6) is 0.131. The summed E-state index contributed by atoms with van der Waals surface area (Å²) in [7, 11) is 1.86. The smallest absolute Gasteiger partial charge is 0.221 e. The lowest BCUT2D eigenvalue weighted by Gasteiger charge is -2.28. The van der Waals surface area contributed by atoms with E-state index >= 15 is 0 Å². The predicted octanol–water partition coefficient (Wildman–Crippen LogP) is 0.770. The summed E-state index contributed by atoms with van der Waals surface area (Å²) < 4.78 is 0. The normalized spacial score (nSPS) is 15.0. The summed E-state index contributed by atoms with van der Waals surface area (Å²) >= 11 is 0. The molecule has 0 aromatic heterocycles. The van der Waals surface area contributed by atoms with Crippen LogP contribution < -0.4 is 10.6 Å². The number of nitrogens with one attached hydrogen (secondary N) is 2. The molecule has 0 atom stereocenters. The van der Waals surface area contributed by atoms with Crippen LogP contribution in [0.3, 0.4) is 0 Å². The Hall–Kier alpha value is -1.39. The van der Waals surface area contributed by atoms with E-state index in [2.05, 4.69) is 39.8 Å². The second-order valence-corrected chi connectivity index (χ2v) is 5.00. The molecule has 4 nitrogen and oxygen atoms in total. The van der Waals surface area contributed by atoms with Crippen molar-refractivity contribution >= 4 is 5.91 Å². The highest BCUT2D eigenvalue weighted by molar-refractivity contribution is 5.76. The van der Waals surface area contributed by atoms with Gasteiger partial charge in [-0.3, -0.25) is 9.69 Å². The Morgan fingerprint density at radius 1 is 1.26 bits per heavy atom. The fourth-order valence-corrected chi connectivity index (χ4v) is 2.43. The topological polar surface area (TPSA) is 44.4 Å². The molecule has 1 aromatic carbocycles. The van der Waals surface area contributed by atoms with E-state index < -0.39 is 0 Å². The van der Waals surface area contributed by atoms with Crippen molar-refractivity contribution in [1.82, 2.24) is 15.5 Å². The maximum absolute atomic E-state index is 11.5. The molecule has 1 aliphatic rings. The van der Waals surface area contributed by atoms with Crippen molar-refractivity contribution < 1.29 is 4.79 Å². The first-order valence-corrected chi connectivity index (χ1v) is 7.00. The Kier molecular flexibility index (Phi) is 5.36. The zero-order valence-corrected chi connectivity index (χ0v) is 11.6. The second-order valence-electron chi connectivity index (χ2n) is 5.00. The lowest BCUT2D eigenvalue weighted by molar-refractivity contribution is -0.121. The van der Waals surface area contributed by atoms with Gasteiger partial charge in [-0.2, -0.15) is 0 Å². The third-order valence-corrected chi connectivity index (χ3v) is 3.56. The maximum Gasteiger partial charge on any atom is 0.221 e. The van der Waals surface area contributed by atoms with Crippen molar-refractivity contribution in [2.75, 3.05) is 33.2 Å². The molecule has 104 valence electrons. The molecule has 0 unspecified atom stereocenters. The second kappa shape index (κ2) is 7.26. The van der Waals surface area contributed by atoms with Gasteiger partial charge in [0.2, 0.25) is 5.91 Å². The molecule has 0 spiro atoms. The van der Waals surface area contributed by atoms with E-state index in [1.165, 1.54) is 11.1 Å². The van der Waals surface area contributed by atoms with Gasteiger partial charge < -0.3 is 10.6 Å². The highest BCUT2D eigenvalue weighted by Crippen LogP contribution is 2.17. The number of carbonyl (C=O) groups is 1. The number of carbonyl (C=O) groups excluding carboxylic acids is 1. The zero-order chi connectivity index (χ0) is 13.5. The van der Waals surface area contributed by atoms with Gasteiger partial charge in [-0.25, -0.2) is 0 Å². The van der Waals surface area contributed by atoms with Gasteiger partial charge >= 0.3 is 0 Å². The first kappa shape index (κ1) is 14.0. The monoisotopic (exact) mass is 261 g/mol. The standard InChI is InChI=1S/C15H23N3O/c1-16-8-6-15(19)17-9-11-18-10-7-13-4-2-3-5-14(13)12-18/h2-5,16H,6-12H2,1H3,(H,17,19). The largest absolute Gasteiger partial charge is 0.355 e. The molecule has 0 radical (unpaired) electrons. The van der Waals surface area contributed by atoms with Gasteiger partial charge in [0.1, 0.15) is 0 Å². The Morgan fingerprint density at radius 3 is 2.84 bits per heavy atom. The van der Waals surface area contributed by atoms with Crippen molar-refractivity contribution in [3.63, 3.8) is 0 Å². The van der Waals surface area contributed by atoms with E-state index in [0.717, 1.165) is 39.1 Å². The molecule has 19 heavy (non-hydrogen) atoms. The molecule has 0 saturated carbocycles. The molecule has 1 aliphatic heterocycles. The van der Waals surface area contributed by atoms with E-state index in [0.29, 0.717) is 6.42 Å². The number of fused-ring (bicyclic) bond motifs is 1. The molecule has 4 heteroatoms. The maximum atomic E-state index is 11.5. The molecule has 0 bridgehead atoms. The fourth-order valence-electron chi connectivity index (χ4n) is 2.43. The summed E-state index contributed by atoms with van der Waals surface area (Å²) in [5.41, 5.74) is 2.90. The van der Waals surface area contributed by atoms with E-state index in [9.17, 15) is 4.79 Å². The first-order chi connectivity index (χ1) is 9.29. The highest BCUT2D eigenvalue weighted by Gasteiger charge is 2.15. The number of hydrogen-bond donors (Lipinski definition) is 2. The van der Waals surface area contributed by atoms with Crippen LogP contribution in [0.5, 0.6) is 0 Å². The van der Waals surface area contributed by atoms with Crippen LogP contribution in [0.4, 0.5) is 0 Å². The third-order valence-electron chi connectivity index (χ3n) is 3.56. The third kappa shape index (κ3) is 4.33. The van der Waals surface area contributed by atoms with Crippen LogP contribution in [0.15, 0.2) is 24.3 Å². The van der Waals surface area contributed by atoms with Crippen LogP contribution in [-0.2, 0) is 17.8 Å². The number of amides is 1. The van der Waals surface area contributed by atoms with Gasteiger partial charge in [-0.1, -0.05) is 24.3 Å². The van der Waals surface area contributed by atoms with Gasteiger partial charge in [0.25, 0.3) is 0 Å². The minimum Gasteiger partial charge on any atom is -0.355 e. The summed E-state index contributed by atoms with van der Waals surface area (Å²) in [6, 6.07) is 8.62. The fraction of sp³-hybridized carbons (Fsp3) is 0.533. The van der Waals surface area contributed by atoms with Crippen LogP contribution in [0.2, 0.25) is 0 Å². The summed E-state index contributed by atoms with van der Waals surface area (Å²) in [6.07, 6.45) is 1.67. The van der Waals surface area contributed by atoms with Gasteiger partial charge in [-0.05, 0) is 24.6 Å². The summed E-state index contributed by atoms with van der Waals surface area (Å²) in [6.45, 7) is 4.50. The number of benzene rings is 1. The van der Waals surface area contributed by atoms with Gasteiger partial charge in [0.15, 0.2) is 0 Å². The average molecular weight is 261 g/mol. The molecule has 1 amide bonds. The van der Waals surface area contributed by atoms with E-state index in [1.54, 1.807) is 0 Å². The van der Waals surface area contributed by atoms with Crippen molar-refractivity contribution in [3.8, 4) is 0 Å². The van der Waals surface area contributed by atoms with Crippen molar-refractivity contribution in [3.05, 3.63) is 35.4 Å². The molecule has 2 N–H and O–H groups in total. The van der Waals surface area contributed by atoms with E-state index in [1.807, 2.05) is 7.05 Å². The van der Waals surface area contributed by atoms with E-state index in [4.69, 9.17) is 0 Å². The zero-order valence-electron chi connectivity index (χ0n) is 11.6. The van der Waals surface area contributed by atoms with Crippen LogP contribution in [0.25, 0.3) is 0 Å². The van der Waals surface area contributed by atoms with E-state index in [-0.39, 0.29) is 5.91 Å². The van der Waals surface area contributed by atoms with Crippen LogP contribution in [0, 0.1) is 0 Å². The molecular formula is C15H23N3O. The molecule has 1 heterocycles. The lowest BCUT2D eigenvalue weighted by atomic mass is 10.00.